The van der Waals surface area contributed by atoms with Gasteiger partial charge in [0.15, 0.2) is 5.60 Å². The molecule has 10 rings (SSSR count). The van der Waals surface area contributed by atoms with E-state index >= 15 is 0 Å². The number of methoxy groups -OCH3 is 2. The molecule has 82 heavy (non-hydrogen) atoms. The number of anilines is 1. The summed E-state index contributed by atoms with van der Waals surface area (Å²) >= 11 is 13.6. The van der Waals surface area contributed by atoms with Crippen LogP contribution in [0.4, 0.5) is 5.69 Å². The summed E-state index contributed by atoms with van der Waals surface area (Å²) in [6.07, 6.45) is 10.7. The van der Waals surface area contributed by atoms with Crippen LogP contribution in [0.5, 0.6) is 5.75 Å². The molecule has 0 radical (unpaired) electrons. The van der Waals surface area contributed by atoms with Gasteiger partial charge in [0.1, 0.15) is 36.2 Å². The molecule has 1 heterocycles. The van der Waals surface area contributed by atoms with Gasteiger partial charge in [-0.3, -0.25) is 24.0 Å². The Labute approximate surface area is 489 Å². The molecule has 0 aromatic heterocycles. The number of unbranched alkanes of at least 4 members (excludes halogenated alkanes) is 1. The zero-order valence-corrected chi connectivity index (χ0v) is 48.6. The van der Waals surface area contributed by atoms with E-state index in [1.54, 1.807) is 61.7 Å². The van der Waals surface area contributed by atoms with E-state index in [1.807, 2.05) is 50.2 Å². The topological polar surface area (TPSA) is 235 Å². The van der Waals surface area contributed by atoms with Crippen molar-refractivity contribution >= 4 is 70.5 Å². The number of hydrogen-bond acceptors (Lipinski definition) is 12. The molecule has 1 unspecified atom stereocenters. The molecular weight excluding hydrogens is 1090 g/mol. The number of amides is 5. The Bertz CT molecular complexity index is 3030. The van der Waals surface area contributed by atoms with Crippen LogP contribution in [0, 0.1) is 29.6 Å². The number of carbonyl (C=O) groups excluding carboxylic acids is 6. The summed E-state index contributed by atoms with van der Waals surface area (Å²) < 4.78 is 17.7. The van der Waals surface area contributed by atoms with Crippen LogP contribution in [0.25, 0.3) is 6.08 Å². The van der Waals surface area contributed by atoms with E-state index in [1.165, 1.54) is 26.5 Å². The number of fused-ring (bicyclic) bond motifs is 1. The van der Waals surface area contributed by atoms with Gasteiger partial charge >= 0.3 is 5.97 Å². The predicted molar refractivity (Wildman–Crippen MR) is 311 cm³/mol. The average molecular weight is 1160 g/mol. The quantitative estimate of drug-likeness (QED) is 0.0167. The van der Waals surface area contributed by atoms with Crippen molar-refractivity contribution in [1.29, 1.82) is 0 Å². The summed E-state index contributed by atoms with van der Waals surface area (Å²) in [5, 5.41) is 15.1. The van der Waals surface area contributed by atoms with Gasteiger partial charge in [-0.25, -0.2) is 9.68 Å². The Hall–Kier alpha value is -6.60. The van der Waals surface area contributed by atoms with Gasteiger partial charge in [-0.05, 0) is 165 Å². The van der Waals surface area contributed by atoms with Crippen LogP contribution in [-0.2, 0) is 79.7 Å². The second kappa shape index (κ2) is 26.3. The molecule has 4 aromatic rings. The second-order valence-corrected chi connectivity index (χ2v) is 23.8. The molecule has 436 valence electrons. The summed E-state index contributed by atoms with van der Waals surface area (Å²) in [5.41, 5.74) is 11.0. The molecule has 19 heteroatoms. The predicted octanol–water partition coefficient (Wildman–Crippen LogP) is 8.71. The standard InChI is InChI=1S/C63H74Cl2N6O11/c1-36(2)26-52(70-58(74)51(12-8-9-25-66)69-60(76)53(32-38-13-19-48(64)20-14-38)71-61(77)56(67-37(3)72)45-33-43-10-6-7-11-44(43)34-45)59(75)68-49-21-15-39(16-22-49)35-80-57-42(18-24-54(73)78-4)17-23-50(55(57)65)63(79-5)62(81-82-63)46-28-40-27-41(30-46)31-47(62)29-40/h6-7,10-11,13-24,36,40-41,46-47,51-53H,8-9,12,25-35,66H2,1-5H3,(H,67,72)(H,68,75)(H,69,76)(H,70,74)(H,71,77)/b24-18+/t40?,41?,46?,47?,51-,52-,53-,62?,63?/m0/s1. The molecule has 5 amide bonds. The fraction of sp³-hybridized carbons (Fsp3) is 0.460. The monoisotopic (exact) mass is 1160 g/mol. The Morgan fingerprint density at radius 2 is 1.38 bits per heavy atom. The SMILES string of the molecule is COC(=O)/C=C/c1ccc(C2(OC)OOC23C2CC4CC(C2)CC3C4)c(Cl)c1OCc1ccc(NC(=O)[C@H](CC(C)C)NC(=O)[C@H](CCCCN)NC(=O)[C@H](Cc2ccc(Cl)cc2)NC(=O)C(NC(C)=O)=C2Cc3ccccc3C2)cc1. The summed E-state index contributed by atoms with van der Waals surface area (Å²) in [5.74, 6) is -2.56. The molecule has 4 saturated carbocycles. The molecule has 5 fully saturated rings. The third-order valence-corrected chi connectivity index (χ3v) is 17.5. The molecule has 17 nitrogen and oxygen atoms in total. The van der Waals surface area contributed by atoms with Gasteiger partial charge < -0.3 is 46.5 Å². The van der Waals surface area contributed by atoms with Crippen molar-refractivity contribution in [2.45, 2.75) is 134 Å². The summed E-state index contributed by atoms with van der Waals surface area (Å²) in [7, 11) is 2.91. The first-order valence-electron chi connectivity index (χ1n) is 28.4. The first-order valence-corrected chi connectivity index (χ1v) is 29.2. The smallest absolute Gasteiger partial charge is 0.330 e. The highest BCUT2D eigenvalue weighted by Gasteiger charge is 2.77. The maximum atomic E-state index is 14.5. The van der Waals surface area contributed by atoms with E-state index in [0.717, 1.165) is 42.4 Å². The summed E-state index contributed by atoms with van der Waals surface area (Å²) in [6.45, 7) is 5.58. The van der Waals surface area contributed by atoms with Gasteiger partial charge in [0.2, 0.25) is 23.6 Å². The molecule has 1 saturated heterocycles. The Morgan fingerprint density at radius 1 is 0.744 bits per heavy atom. The van der Waals surface area contributed by atoms with Crippen molar-refractivity contribution in [3.05, 3.63) is 146 Å². The van der Waals surface area contributed by atoms with E-state index in [0.29, 0.717) is 82.8 Å². The molecule has 1 aliphatic heterocycles. The highest BCUT2D eigenvalue weighted by Crippen LogP contribution is 2.70. The Morgan fingerprint density at radius 3 is 1.96 bits per heavy atom. The van der Waals surface area contributed by atoms with E-state index in [4.69, 9.17) is 52.9 Å². The first kappa shape index (κ1) is 60.0. The molecule has 4 aromatic carbocycles. The molecule has 4 bridgehead atoms. The number of nitrogens with two attached hydrogens (primary N) is 1. The average Bonchev–Trinajstić information content (AvgIpc) is 2.92. The van der Waals surface area contributed by atoms with Crippen LogP contribution in [0.15, 0.2) is 102 Å². The van der Waals surface area contributed by atoms with Gasteiger partial charge in [0.25, 0.3) is 11.7 Å². The lowest BCUT2D eigenvalue weighted by Crippen LogP contribution is -2.76. The van der Waals surface area contributed by atoms with Crippen LogP contribution >= 0.6 is 23.2 Å². The Balaban J connectivity index is 0.892. The van der Waals surface area contributed by atoms with Crippen LogP contribution in [0.3, 0.4) is 0 Å². The first-order chi connectivity index (χ1) is 39.4. The van der Waals surface area contributed by atoms with Crippen molar-refractivity contribution in [3.63, 3.8) is 0 Å². The summed E-state index contributed by atoms with van der Waals surface area (Å²) in [6, 6.07) is 22.0. The zero-order valence-electron chi connectivity index (χ0n) is 47.1. The van der Waals surface area contributed by atoms with Crippen molar-refractivity contribution in [2.24, 2.45) is 35.3 Å². The van der Waals surface area contributed by atoms with Crippen molar-refractivity contribution < 1.29 is 52.8 Å². The van der Waals surface area contributed by atoms with Crippen LogP contribution < -0.4 is 37.1 Å². The molecular formula is C63H74Cl2N6O11. The minimum absolute atomic E-state index is 0.0244. The maximum Gasteiger partial charge on any atom is 0.330 e. The van der Waals surface area contributed by atoms with Crippen LogP contribution in [0.1, 0.15) is 112 Å². The lowest BCUT2D eigenvalue weighted by molar-refractivity contribution is -0.645. The van der Waals surface area contributed by atoms with Gasteiger partial charge in [-0.1, -0.05) is 97.7 Å². The minimum Gasteiger partial charge on any atom is -0.487 e. The van der Waals surface area contributed by atoms with Crippen molar-refractivity contribution in [2.75, 3.05) is 26.1 Å². The number of esters is 1. The number of benzene rings is 4. The van der Waals surface area contributed by atoms with Crippen LogP contribution in [-0.4, -0.2) is 80.0 Å². The molecule has 5 aliphatic carbocycles. The highest BCUT2D eigenvalue weighted by atomic mass is 35.5. The molecule has 6 aliphatic rings. The Kier molecular flexibility index (Phi) is 19.3. The van der Waals surface area contributed by atoms with E-state index in [-0.39, 0.29) is 54.3 Å². The number of halogens is 2. The van der Waals surface area contributed by atoms with Gasteiger partial charge in [0, 0.05) is 48.4 Å². The third-order valence-electron chi connectivity index (χ3n) is 16.8. The van der Waals surface area contributed by atoms with E-state index < -0.39 is 65.0 Å². The highest BCUT2D eigenvalue weighted by molar-refractivity contribution is 6.33. The lowest BCUT2D eigenvalue weighted by Gasteiger charge is -2.68. The van der Waals surface area contributed by atoms with Gasteiger partial charge in [0.05, 0.1) is 12.1 Å². The van der Waals surface area contributed by atoms with E-state index in [9.17, 15) is 28.8 Å². The minimum atomic E-state index is -1.27. The number of nitrogens with one attached hydrogen (secondary N) is 5. The number of hydrogen-bond donors (Lipinski definition) is 6. The number of carbonyl (C=O) groups is 6. The van der Waals surface area contributed by atoms with Crippen molar-refractivity contribution in [1.82, 2.24) is 21.3 Å². The largest absolute Gasteiger partial charge is 0.487 e. The van der Waals surface area contributed by atoms with E-state index in [2.05, 4.69) is 26.6 Å². The van der Waals surface area contributed by atoms with Crippen molar-refractivity contribution in [3.8, 4) is 5.75 Å². The molecule has 7 N–H and O–H groups in total. The number of allylic oxidation sites excluding steroid dienone is 1. The maximum absolute atomic E-state index is 14.5. The lowest BCUT2D eigenvalue weighted by atomic mass is 9.47. The third kappa shape index (κ3) is 13.1. The molecule has 1 spiro atoms. The second-order valence-electron chi connectivity index (χ2n) is 22.9. The fourth-order valence-corrected chi connectivity index (χ4v) is 13.6. The molecule has 4 atom stereocenters. The van der Waals surface area contributed by atoms with Gasteiger partial charge in [-0.2, -0.15) is 4.89 Å². The van der Waals surface area contributed by atoms with Crippen LogP contribution in [0.2, 0.25) is 10.0 Å². The summed E-state index contributed by atoms with van der Waals surface area (Å²) in [4.78, 5) is 94.5. The van der Waals surface area contributed by atoms with Gasteiger partial charge in [-0.15, -0.1) is 0 Å². The number of rotatable bonds is 24. The normalized spacial score (nSPS) is 23.1. The fourth-order valence-electron chi connectivity index (χ4n) is 13.1. The number of ether oxygens (including phenoxy) is 3. The zero-order chi connectivity index (χ0) is 58.3.